The van der Waals surface area contributed by atoms with Crippen LogP contribution in [0.15, 0.2) is 64.8 Å². The van der Waals surface area contributed by atoms with Crippen LogP contribution in [0.1, 0.15) is 25.3 Å². The number of primary amides is 1. The maximum Gasteiger partial charge on any atom is 0.325 e. The molecule has 2 aromatic rings. The first kappa shape index (κ1) is 24.2. The van der Waals surface area contributed by atoms with Crippen LogP contribution in [-0.4, -0.2) is 40.9 Å². The Bertz CT molecular complexity index is 976. The SMILES string of the molecule is C[C@H](NC(=O)[C@H](CCC(N)=O)NC(=O)Cc1ccc(N=Nc2ccccc2)cc1)C(=O)O. The molecule has 2 aromatic carbocycles. The highest BCUT2D eigenvalue weighted by atomic mass is 16.4. The van der Waals surface area contributed by atoms with Gasteiger partial charge in [-0.3, -0.25) is 19.2 Å². The van der Waals surface area contributed by atoms with E-state index in [-0.39, 0.29) is 19.3 Å². The molecule has 0 spiro atoms. The van der Waals surface area contributed by atoms with E-state index in [1.54, 1.807) is 24.3 Å². The highest BCUT2D eigenvalue weighted by Crippen LogP contribution is 2.18. The molecule has 168 valence electrons. The fraction of sp³-hybridized carbons (Fsp3) is 0.273. The van der Waals surface area contributed by atoms with Crippen LogP contribution < -0.4 is 16.4 Å². The Hall–Kier alpha value is -4.08. The van der Waals surface area contributed by atoms with E-state index in [1.165, 1.54) is 6.92 Å². The fourth-order valence-corrected chi connectivity index (χ4v) is 2.65. The number of azo groups is 1. The zero-order chi connectivity index (χ0) is 23.5. The van der Waals surface area contributed by atoms with Gasteiger partial charge < -0.3 is 21.5 Å². The van der Waals surface area contributed by atoms with E-state index in [9.17, 15) is 19.2 Å². The van der Waals surface area contributed by atoms with Gasteiger partial charge in [-0.25, -0.2) is 0 Å². The molecule has 0 heterocycles. The Kier molecular flexibility index (Phi) is 9.03. The van der Waals surface area contributed by atoms with Crippen LogP contribution in [0, 0.1) is 0 Å². The van der Waals surface area contributed by atoms with E-state index < -0.39 is 35.8 Å². The number of amides is 3. The number of carboxylic acid groups (broad SMARTS) is 1. The second-order valence-electron chi connectivity index (χ2n) is 7.07. The molecule has 2 rings (SSSR count). The van der Waals surface area contributed by atoms with Gasteiger partial charge in [-0.2, -0.15) is 10.2 Å². The molecule has 3 amide bonds. The van der Waals surface area contributed by atoms with Gasteiger partial charge in [0, 0.05) is 6.42 Å². The summed E-state index contributed by atoms with van der Waals surface area (Å²) in [5, 5.41) is 22.0. The average Bonchev–Trinajstić information content (AvgIpc) is 2.76. The lowest BCUT2D eigenvalue weighted by atomic mass is 10.1. The normalized spacial score (nSPS) is 12.7. The lowest BCUT2D eigenvalue weighted by Gasteiger charge is -2.19. The van der Waals surface area contributed by atoms with Crippen LogP contribution >= 0.6 is 0 Å². The summed E-state index contributed by atoms with van der Waals surface area (Å²) in [5.41, 5.74) is 7.13. The van der Waals surface area contributed by atoms with Crippen LogP contribution in [0.25, 0.3) is 0 Å². The second-order valence-corrected chi connectivity index (χ2v) is 7.07. The molecule has 0 aromatic heterocycles. The van der Waals surface area contributed by atoms with Crippen LogP contribution in [0.2, 0.25) is 0 Å². The first-order valence-corrected chi connectivity index (χ1v) is 9.91. The molecule has 32 heavy (non-hydrogen) atoms. The number of carbonyl (C=O) groups is 4. The number of carbonyl (C=O) groups excluding carboxylic acids is 3. The number of aliphatic carboxylic acids is 1. The van der Waals surface area contributed by atoms with E-state index in [1.807, 2.05) is 30.3 Å². The Labute approximate surface area is 184 Å². The molecule has 5 N–H and O–H groups in total. The summed E-state index contributed by atoms with van der Waals surface area (Å²) in [4.78, 5) is 46.8. The minimum Gasteiger partial charge on any atom is -0.480 e. The van der Waals surface area contributed by atoms with E-state index in [0.717, 1.165) is 0 Å². The molecular formula is C22H25N5O5. The fourth-order valence-electron chi connectivity index (χ4n) is 2.65. The van der Waals surface area contributed by atoms with Crippen molar-refractivity contribution >= 4 is 35.1 Å². The Morgan fingerprint density at radius 3 is 2.09 bits per heavy atom. The lowest BCUT2D eigenvalue weighted by Crippen LogP contribution is -2.51. The molecule has 0 aliphatic heterocycles. The molecule has 0 aliphatic carbocycles. The predicted molar refractivity (Wildman–Crippen MR) is 116 cm³/mol. The topological polar surface area (TPSA) is 163 Å². The number of benzene rings is 2. The molecule has 0 bridgehead atoms. The Balaban J connectivity index is 1.97. The molecule has 0 radical (unpaired) electrons. The number of hydrogen-bond acceptors (Lipinski definition) is 6. The molecule has 0 unspecified atom stereocenters. The van der Waals surface area contributed by atoms with Crippen molar-refractivity contribution in [3.63, 3.8) is 0 Å². The van der Waals surface area contributed by atoms with Gasteiger partial charge in [0.15, 0.2) is 0 Å². The third-order valence-corrected chi connectivity index (χ3v) is 4.40. The van der Waals surface area contributed by atoms with Crippen LogP contribution in [0.3, 0.4) is 0 Å². The third kappa shape index (κ3) is 8.34. The van der Waals surface area contributed by atoms with Crippen LogP contribution in [0.4, 0.5) is 11.4 Å². The van der Waals surface area contributed by atoms with E-state index in [2.05, 4.69) is 20.9 Å². The maximum absolute atomic E-state index is 12.4. The van der Waals surface area contributed by atoms with Crippen molar-refractivity contribution in [1.82, 2.24) is 10.6 Å². The average molecular weight is 439 g/mol. The van der Waals surface area contributed by atoms with Crippen molar-refractivity contribution in [2.24, 2.45) is 16.0 Å². The second kappa shape index (κ2) is 11.9. The van der Waals surface area contributed by atoms with Gasteiger partial charge in [0.1, 0.15) is 12.1 Å². The molecule has 2 atom stereocenters. The van der Waals surface area contributed by atoms with Gasteiger partial charge >= 0.3 is 5.97 Å². The van der Waals surface area contributed by atoms with Gasteiger partial charge in [0.25, 0.3) is 0 Å². The molecular weight excluding hydrogens is 414 g/mol. The van der Waals surface area contributed by atoms with Gasteiger partial charge in [0.2, 0.25) is 17.7 Å². The number of nitrogens with one attached hydrogen (secondary N) is 2. The standard InChI is InChI=1S/C22H25N5O5/c1-14(22(31)32)24-21(30)18(11-12-19(23)28)25-20(29)13-15-7-9-17(10-8-15)27-26-16-5-3-2-4-6-16/h2-10,14,18H,11-13H2,1H3,(H2,23,28)(H,24,30)(H,25,29)(H,31,32)/t14-,18-/m0/s1. The van der Waals surface area contributed by atoms with Gasteiger partial charge in [-0.1, -0.05) is 30.3 Å². The van der Waals surface area contributed by atoms with Crippen molar-refractivity contribution in [2.45, 2.75) is 38.3 Å². The summed E-state index contributed by atoms with van der Waals surface area (Å²) in [6.07, 6.45) is -0.204. The first-order chi connectivity index (χ1) is 15.2. The zero-order valence-corrected chi connectivity index (χ0v) is 17.5. The van der Waals surface area contributed by atoms with Crippen LogP contribution in [-0.2, 0) is 25.6 Å². The summed E-state index contributed by atoms with van der Waals surface area (Å²) in [6, 6.07) is 13.9. The molecule has 10 nitrogen and oxygen atoms in total. The number of carboxylic acids is 1. The summed E-state index contributed by atoms with van der Waals surface area (Å²) < 4.78 is 0. The van der Waals surface area contributed by atoms with Crippen molar-refractivity contribution in [1.29, 1.82) is 0 Å². The monoisotopic (exact) mass is 439 g/mol. The predicted octanol–water partition coefficient (Wildman–Crippen LogP) is 1.98. The van der Waals surface area contributed by atoms with Crippen molar-refractivity contribution in [3.8, 4) is 0 Å². The minimum absolute atomic E-state index is 0.0229. The maximum atomic E-state index is 12.4. The summed E-state index contributed by atoms with van der Waals surface area (Å²) in [5.74, 6) is -3.02. The van der Waals surface area contributed by atoms with Crippen LogP contribution in [0.5, 0.6) is 0 Å². The number of nitrogens with two attached hydrogens (primary N) is 1. The number of rotatable bonds is 11. The summed E-state index contributed by atoms with van der Waals surface area (Å²) in [6.45, 7) is 1.30. The van der Waals surface area contributed by atoms with Gasteiger partial charge in [0.05, 0.1) is 17.8 Å². The van der Waals surface area contributed by atoms with E-state index >= 15 is 0 Å². The molecule has 0 aliphatic rings. The smallest absolute Gasteiger partial charge is 0.325 e. The van der Waals surface area contributed by atoms with Gasteiger partial charge in [-0.15, -0.1) is 0 Å². The number of nitrogens with zero attached hydrogens (tertiary/aromatic N) is 2. The largest absolute Gasteiger partial charge is 0.480 e. The summed E-state index contributed by atoms with van der Waals surface area (Å²) >= 11 is 0. The molecule has 0 saturated carbocycles. The summed E-state index contributed by atoms with van der Waals surface area (Å²) in [7, 11) is 0. The lowest BCUT2D eigenvalue weighted by molar-refractivity contribution is -0.141. The van der Waals surface area contributed by atoms with Crippen molar-refractivity contribution in [2.75, 3.05) is 0 Å². The third-order valence-electron chi connectivity index (χ3n) is 4.40. The first-order valence-electron chi connectivity index (χ1n) is 9.91. The zero-order valence-electron chi connectivity index (χ0n) is 17.5. The molecule has 0 fully saturated rings. The highest BCUT2D eigenvalue weighted by Gasteiger charge is 2.24. The minimum atomic E-state index is -1.22. The Morgan fingerprint density at radius 1 is 0.938 bits per heavy atom. The Morgan fingerprint density at radius 2 is 1.53 bits per heavy atom. The molecule has 0 saturated heterocycles. The molecule has 10 heteroatoms. The van der Waals surface area contributed by atoms with Crippen molar-refractivity contribution in [3.05, 3.63) is 60.2 Å². The number of hydrogen-bond donors (Lipinski definition) is 4. The van der Waals surface area contributed by atoms with E-state index in [4.69, 9.17) is 10.8 Å². The van der Waals surface area contributed by atoms with Crippen molar-refractivity contribution < 1.29 is 24.3 Å². The van der Waals surface area contributed by atoms with Gasteiger partial charge in [-0.05, 0) is 43.2 Å². The van der Waals surface area contributed by atoms with E-state index in [0.29, 0.717) is 16.9 Å². The highest BCUT2D eigenvalue weighted by molar-refractivity contribution is 5.91. The quantitative estimate of drug-likeness (QED) is 0.393.